The van der Waals surface area contributed by atoms with Gasteiger partial charge in [-0.3, -0.25) is 4.79 Å². The summed E-state index contributed by atoms with van der Waals surface area (Å²) < 4.78 is 19.4. The van der Waals surface area contributed by atoms with Gasteiger partial charge in [0, 0.05) is 31.4 Å². The highest BCUT2D eigenvalue weighted by Crippen LogP contribution is 2.60. The Hall–Kier alpha value is -1.48. The Bertz CT molecular complexity index is 878. The van der Waals surface area contributed by atoms with Gasteiger partial charge in [0.15, 0.2) is 0 Å². The number of ether oxygens (including phenoxy) is 3. The lowest BCUT2D eigenvalue weighted by molar-refractivity contribution is -0.243. The number of nitrogens with two attached hydrogens (primary N) is 1. The van der Waals surface area contributed by atoms with Gasteiger partial charge < -0.3 is 30.4 Å². The molecule has 4 N–H and O–H groups in total. The van der Waals surface area contributed by atoms with Crippen LogP contribution in [0, 0.1) is 23.7 Å². The molecule has 0 aromatic rings. The topological polar surface area (TPSA) is 120 Å². The van der Waals surface area contributed by atoms with Crippen molar-refractivity contribution < 1.29 is 28.9 Å². The maximum atomic E-state index is 13.3. The van der Waals surface area contributed by atoms with Crippen LogP contribution in [0.25, 0.3) is 0 Å². The number of aliphatic hydroxyl groups excluding tert-OH is 1. The fraction of sp³-hybridized carbons (Fsp3) is 0.857. The minimum Gasteiger partial charge on any atom is -0.462 e. The molecule has 9 atom stereocenters. The molecule has 0 bridgehead atoms. The lowest BCUT2D eigenvalue weighted by Crippen LogP contribution is -2.64. The van der Waals surface area contributed by atoms with Crippen LogP contribution in [-0.2, 0) is 23.8 Å². The molecule has 3 saturated heterocycles. The molecule has 6 unspecified atom stereocenters. The molecule has 5 aliphatic rings. The van der Waals surface area contributed by atoms with Crippen molar-refractivity contribution in [2.75, 3.05) is 13.2 Å². The monoisotopic (exact) mass is 504 g/mol. The van der Waals surface area contributed by atoms with Gasteiger partial charge in [-0.15, -0.1) is 0 Å². The molecular weight excluding hydrogens is 460 g/mol. The summed E-state index contributed by atoms with van der Waals surface area (Å²) in [7, 11) is 0. The van der Waals surface area contributed by atoms with Crippen molar-refractivity contribution in [3.05, 3.63) is 11.6 Å². The summed E-state index contributed by atoms with van der Waals surface area (Å²) in [4.78, 5) is 25.3. The van der Waals surface area contributed by atoms with Crippen LogP contribution in [0.4, 0.5) is 0 Å². The number of esters is 2. The maximum absolute atomic E-state index is 13.3. The second-order valence-electron chi connectivity index (χ2n) is 12.1. The van der Waals surface area contributed by atoms with E-state index in [0.29, 0.717) is 29.7 Å². The van der Waals surface area contributed by atoms with Crippen molar-refractivity contribution in [1.29, 1.82) is 0 Å². The Morgan fingerprint density at radius 3 is 2.78 bits per heavy atom. The number of hydrogen-bond acceptors (Lipinski definition) is 8. The van der Waals surface area contributed by atoms with Gasteiger partial charge in [-0.25, -0.2) is 4.79 Å². The Morgan fingerprint density at radius 2 is 2.03 bits per heavy atom. The third-order valence-corrected chi connectivity index (χ3v) is 10.1. The second-order valence-corrected chi connectivity index (χ2v) is 12.1. The van der Waals surface area contributed by atoms with Crippen molar-refractivity contribution in [2.24, 2.45) is 29.4 Å². The highest BCUT2D eigenvalue weighted by molar-refractivity contribution is 5.88. The van der Waals surface area contributed by atoms with E-state index in [2.05, 4.69) is 12.2 Å². The molecule has 0 aromatic carbocycles. The van der Waals surface area contributed by atoms with Gasteiger partial charge in [-0.1, -0.05) is 6.08 Å². The zero-order chi connectivity index (χ0) is 25.5. The van der Waals surface area contributed by atoms with E-state index in [1.54, 1.807) is 6.08 Å². The van der Waals surface area contributed by atoms with Crippen LogP contribution in [0.5, 0.6) is 0 Å². The Balaban J connectivity index is 1.47. The SMILES string of the molecule is CC=C(CCO)C(=O)O[C@@]1(C)CCC[C@@H](C2CCNC(N)C2)[C@@]12CC1CC3CCC(=O)OC3CC1O2. The fourth-order valence-corrected chi connectivity index (χ4v) is 8.28. The average Bonchev–Trinajstić information content (AvgIpc) is 3.22. The zero-order valence-electron chi connectivity index (χ0n) is 21.9. The lowest BCUT2D eigenvalue weighted by Gasteiger charge is -2.55. The number of carbonyl (C=O) groups is 2. The summed E-state index contributed by atoms with van der Waals surface area (Å²) in [6.45, 7) is 4.69. The molecule has 202 valence electrons. The van der Waals surface area contributed by atoms with Crippen LogP contribution in [0.15, 0.2) is 11.6 Å². The first-order valence-corrected chi connectivity index (χ1v) is 14.1. The van der Waals surface area contributed by atoms with Gasteiger partial charge in [0.1, 0.15) is 17.3 Å². The van der Waals surface area contributed by atoms with Gasteiger partial charge in [0.2, 0.25) is 0 Å². The largest absolute Gasteiger partial charge is 0.462 e. The van der Waals surface area contributed by atoms with Crippen LogP contribution in [0.2, 0.25) is 0 Å². The molecule has 8 nitrogen and oxygen atoms in total. The van der Waals surface area contributed by atoms with Crippen LogP contribution >= 0.6 is 0 Å². The first kappa shape index (κ1) is 26.1. The summed E-state index contributed by atoms with van der Waals surface area (Å²) >= 11 is 0. The molecule has 1 spiro atoms. The third-order valence-electron chi connectivity index (χ3n) is 10.1. The average molecular weight is 505 g/mol. The molecule has 3 aliphatic heterocycles. The maximum Gasteiger partial charge on any atom is 0.334 e. The molecule has 5 fully saturated rings. The smallest absolute Gasteiger partial charge is 0.334 e. The molecule has 5 rings (SSSR count). The van der Waals surface area contributed by atoms with Gasteiger partial charge in [0.05, 0.1) is 12.3 Å². The number of carbonyl (C=O) groups excluding carboxylic acids is 2. The van der Waals surface area contributed by atoms with Crippen molar-refractivity contribution in [2.45, 2.75) is 114 Å². The Morgan fingerprint density at radius 1 is 1.19 bits per heavy atom. The van der Waals surface area contributed by atoms with Crippen LogP contribution < -0.4 is 11.1 Å². The quantitative estimate of drug-likeness (QED) is 0.386. The van der Waals surface area contributed by atoms with Crippen molar-refractivity contribution in [3.63, 3.8) is 0 Å². The lowest BCUT2D eigenvalue weighted by atomic mass is 9.58. The predicted octanol–water partition coefficient (Wildman–Crippen LogP) is 2.96. The zero-order valence-corrected chi connectivity index (χ0v) is 21.9. The van der Waals surface area contributed by atoms with E-state index < -0.39 is 11.2 Å². The van der Waals surface area contributed by atoms with Crippen LogP contribution in [0.1, 0.15) is 84.5 Å². The van der Waals surface area contributed by atoms with E-state index >= 15 is 0 Å². The van der Waals surface area contributed by atoms with Crippen molar-refractivity contribution in [1.82, 2.24) is 5.32 Å². The van der Waals surface area contributed by atoms with Crippen LogP contribution in [0.3, 0.4) is 0 Å². The van der Waals surface area contributed by atoms with E-state index in [4.69, 9.17) is 19.9 Å². The highest BCUT2D eigenvalue weighted by Gasteiger charge is 2.66. The van der Waals surface area contributed by atoms with E-state index in [1.807, 2.05) is 6.92 Å². The predicted molar refractivity (Wildman–Crippen MR) is 134 cm³/mol. The van der Waals surface area contributed by atoms with Gasteiger partial charge >= 0.3 is 11.9 Å². The molecule has 0 radical (unpaired) electrons. The minimum absolute atomic E-state index is 0.00444. The summed E-state index contributed by atoms with van der Waals surface area (Å²) in [5.41, 5.74) is 5.50. The second kappa shape index (κ2) is 10.4. The first-order valence-electron chi connectivity index (χ1n) is 14.1. The molecule has 2 aliphatic carbocycles. The molecule has 36 heavy (non-hydrogen) atoms. The van der Waals surface area contributed by atoms with Gasteiger partial charge in [0.25, 0.3) is 0 Å². The molecule has 0 aromatic heterocycles. The highest BCUT2D eigenvalue weighted by atomic mass is 16.6. The minimum atomic E-state index is -0.773. The van der Waals surface area contributed by atoms with Crippen molar-refractivity contribution >= 4 is 11.9 Å². The van der Waals surface area contributed by atoms with Gasteiger partial charge in [-0.05, 0) is 95.4 Å². The normalized spacial score (nSPS) is 45.1. The standard InChI is InChI=1S/C28H44N2O6/c1-3-17(9-12-31)26(33)36-27(2)10-4-5-21(18-8-11-30-24(29)14-18)28(27)16-20-13-19-6-7-25(32)34-22(19)15-23(20)35-28/h3,18-24,30-31H,4-16,29H2,1-2H3/t18?,19?,20?,21-,22?,23?,24?,27-,28-/m0/s1. The number of piperidine rings is 1. The number of allylic oxidation sites excluding steroid dienone is 1. The molecule has 3 heterocycles. The Labute approximate surface area is 214 Å². The van der Waals surface area contributed by atoms with Crippen LogP contribution in [-0.4, -0.2) is 59.8 Å². The van der Waals surface area contributed by atoms with Gasteiger partial charge in [-0.2, -0.15) is 0 Å². The van der Waals surface area contributed by atoms with E-state index in [-0.39, 0.29) is 49.3 Å². The van der Waals surface area contributed by atoms with E-state index in [0.717, 1.165) is 64.3 Å². The van der Waals surface area contributed by atoms with E-state index in [1.165, 1.54) is 0 Å². The van der Waals surface area contributed by atoms with E-state index in [9.17, 15) is 14.7 Å². The molecular formula is C28H44N2O6. The molecule has 2 saturated carbocycles. The number of aliphatic hydroxyl groups is 1. The summed E-state index contributed by atoms with van der Waals surface area (Å²) in [6.07, 6.45) is 10.6. The fourth-order valence-electron chi connectivity index (χ4n) is 8.28. The first-order chi connectivity index (χ1) is 17.3. The number of fused-ring (bicyclic) bond motifs is 2. The molecule has 8 heteroatoms. The summed E-state index contributed by atoms with van der Waals surface area (Å²) in [6, 6.07) is 0. The number of nitrogens with one attached hydrogen (secondary N) is 1. The number of hydrogen-bond donors (Lipinski definition) is 3. The Kier molecular flexibility index (Phi) is 7.52. The summed E-state index contributed by atoms with van der Waals surface area (Å²) in [5, 5.41) is 12.8. The third kappa shape index (κ3) is 4.63. The summed E-state index contributed by atoms with van der Waals surface area (Å²) in [5.74, 6) is 0.971. The number of rotatable bonds is 5. The molecule has 0 amide bonds. The van der Waals surface area contributed by atoms with Crippen molar-refractivity contribution in [3.8, 4) is 0 Å².